The van der Waals surface area contributed by atoms with Crippen LogP contribution in [0.15, 0.2) is 0 Å². The van der Waals surface area contributed by atoms with Gasteiger partial charge < -0.3 is 15.6 Å². The third kappa shape index (κ3) is 5.14. The summed E-state index contributed by atoms with van der Waals surface area (Å²) in [6.07, 6.45) is 1.59. The average Bonchev–Trinajstić information content (AvgIpc) is 2.25. The number of aliphatic carboxylic acids is 1. The highest BCUT2D eigenvalue weighted by molar-refractivity contribution is 5.71. The smallest absolute Gasteiger partial charge is 0.319 e. The number of carboxylic acid groups (broad SMARTS) is 1. The van der Waals surface area contributed by atoms with E-state index in [4.69, 9.17) is 10.8 Å². The van der Waals surface area contributed by atoms with E-state index in [1.54, 1.807) is 0 Å². The Morgan fingerprint density at radius 3 is 2.76 bits per heavy atom. The maximum atomic E-state index is 11.2. The predicted molar refractivity (Wildman–Crippen MR) is 61.4 cm³/mol. The van der Waals surface area contributed by atoms with Gasteiger partial charge in [-0.3, -0.25) is 14.5 Å². The Hall–Kier alpha value is -1.14. The van der Waals surface area contributed by atoms with Crippen molar-refractivity contribution < 1.29 is 19.4 Å². The number of nitrogens with zero attached hydrogens (tertiary/aromatic N) is 1. The van der Waals surface area contributed by atoms with Crippen LogP contribution in [0.2, 0.25) is 0 Å². The van der Waals surface area contributed by atoms with E-state index in [1.807, 2.05) is 4.90 Å². The molecule has 1 saturated heterocycles. The van der Waals surface area contributed by atoms with Crippen LogP contribution in [0.5, 0.6) is 0 Å². The van der Waals surface area contributed by atoms with E-state index in [0.29, 0.717) is 13.0 Å². The number of hydrogen-bond donors (Lipinski definition) is 2. The van der Waals surface area contributed by atoms with Crippen LogP contribution >= 0.6 is 0 Å². The fourth-order valence-corrected chi connectivity index (χ4v) is 2.26. The summed E-state index contributed by atoms with van der Waals surface area (Å²) in [6.45, 7) is 1.61. The van der Waals surface area contributed by atoms with Gasteiger partial charge in [0, 0.05) is 25.6 Å². The molecule has 1 rings (SSSR count). The van der Waals surface area contributed by atoms with Crippen molar-refractivity contribution in [3.63, 3.8) is 0 Å². The number of carbonyl (C=O) groups excluding carboxylic acids is 1. The van der Waals surface area contributed by atoms with Gasteiger partial charge in [-0.25, -0.2) is 0 Å². The minimum atomic E-state index is -0.788. The highest BCUT2D eigenvalue weighted by Gasteiger charge is 2.26. The zero-order valence-corrected chi connectivity index (χ0v) is 10.1. The van der Waals surface area contributed by atoms with Crippen LogP contribution in [0, 0.1) is 5.92 Å². The molecule has 0 radical (unpaired) electrons. The maximum Gasteiger partial charge on any atom is 0.319 e. The van der Waals surface area contributed by atoms with E-state index in [2.05, 4.69) is 4.74 Å². The van der Waals surface area contributed by atoms with Gasteiger partial charge in [-0.2, -0.15) is 0 Å². The van der Waals surface area contributed by atoms with Crippen LogP contribution in [0.25, 0.3) is 0 Å². The number of carboxylic acids is 1. The van der Waals surface area contributed by atoms with Gasteiger partial charge in [0.05, 0.1) is 13.7 Å². The van der Waals surface area contributed by atoms with Crippen molar-refractivity contribution >= 4 is 11.9 Å². The highest BCUT2D eigenvalue weighted by atomic mass is 16.5. The monoisotopic (exact) mass is 244 g/mol. The molecule has 17 heavy (non-hydrogen) atoms. The van der Waals surface area contributed by atoms with E-state index in [-0.39, 0.29) is 30.9 Å². The number of methoxy groups -OCH3 is 1. The van der Waals surface area contributed by atoms with Gasteiger partial charge in [0.2, 0.25) is 0 Å². The molecule has 3 N–H and O–H groups in total. The molecule has 1 fully saturated rings. The van der Waals surface area contributed by atoms with Crippen molar-refractivity contribution in [3.05, 3.63) is 0 Å². The summed E-state index contributed by atoms with van der Waals surface area (Å²) in [5, 5.41) is 8.64. The Kier molecular flexibility index (Phi) is 5.37. The maximum absolute atomic E-state index is 11.2. The second kappa shape index (κ2) is 6.56. The Bertz CT molecular complexity index is 283. The number of carbonyl (C=O) groups is 2. The Morgan fingerprint density at radius 2 is 2.18 bits per heavy atom. The SMILES string of the molecule is COC(=O)CN1CC(N)CC(CCC(=O)O)C1. The largest absolute Gasteiger partial charge is 0.481 e. The molecule has 6 nitrogen and oxygen atoms in total. The van der Waals surface area contributed by atoms with Crippen molar-refractivity contribution in [1.82, 2.24) is 4.90 Å². The molecule has 0 aromatic carbocycles. The van der Waals surface area contributed by atoms with Gasteiger partial charge in [0.25, 0.3) is 0 Å². The molecule has 2 atom stereocenters. The van der Waals surface area contributed by atoms with Gasteiger partial charge >= 0.3 is 11.9 Å². The second-order valence-electron chi connectivity index (χ2n) is 4.56. The van der Waals surface area contributed by atoms with E-state index in [1.165, 1.54) is 7.11 Å². The molecule has 98 valence electrons. The summed E-state index contributed by atoms with van der Waals surface area (Å²) < 4.78 is 4.61. The molecule has 2 unspecified atom stereocenters. The van der Waals surface area contributed by atoms with Crippen LogP contribution in [0.4, 0.5) is 0 Å². The molecule has 6 heteroatoms. The standard InChI is InChI=1S/C11H20N2O4/c1-17-11(16)7-13-5-8(2-3-10(14)15)4-9(12)6-13/h8-9H,2-7,12H2,1H3,(H,14,15). The van der Waals surface area contributed by atoms with E-state index in [0.717, 1.165) is 13.0 Å². The quantitative estimate of drug-likeness (QED) is 0.643. The first kappa shape index (κ1) is 13.9. The first-order valence-electron chi connectivity index (χ1n) is 5.77. The molecule has 0 spiro atoms. The van der Waals surface area contributed by atoms with Crippen LogP contribution in [0.1, 0.15) is 19.3 Å². The number of ether oxygens (including phenoxy) is 1. The lowest BCUT2D eigenvalue weighted by Gasteiger charge is -2.35. The normalized spacial score (nSPS) is 25.5. The van der Waals surface area contributed by atoms with Crippen LogP contribution < -0.4 is 5.73 Å². The van der Waals surface area contributed by atoms with Gasteiger partial charge in [-0.15, -0.1) is 0 Å². The molecule has 0 aromatic heterocycles. The zero-order valence-electron chi connectivity index (χ0n) is 10.1. The van der Waals surface area contributed by atoms with E-state index >= 15 is 0 Å². The topological polar surface area (TPSA) is 92.9 Å². The lowest BCUT2D eigenvalue weighted by Crippen LogP contribution is -2.48. The molecule has 0 bridgehead atoms. The summed E-state index contributed by atoms with van der Waals surface area (Å²) in [5.74, 6) is -0.820. The van der Waals surface area contributed by atoms with Crippen LogP contribution in [-0.2, 0) is 14.3 Å². The van der Waals surface area contributed by atoms with Gasteiger partial charge in [-0.1, -0.05) is 0 Å². The summed E-state index contributed by atoms with van der Waals surface area (Å²) in [6, 6.07) is 0.00667. The third-order valence-electron chi connectivity index (χ3n) is 2.99. The van der Waals surface area contributed by atoms with Gasteiger partial charge in [0.1, 0.15) is 0 Å². The summed E-state index contributed by atoms with van der Waals surface area (Å²) in [7, 11) is 1.36. The number of esters is 1. The number of piperidine rings is 1. The fraction of sp³-hybridized carbons (Fsp3) is 0.818. The number of hydrogen-bond acceptors (Lipinski definition) is 5. The second-order valence-corrected chi connectivity index (χ2v) is 4.56. The summed E-state index contributed by atoms with van der Waals surface area (Å²) in [5.41, 5.74) is 5.90. The Labute approximate surface area is 101 Å². The van der Waals surface area contributed by atoms with Gasteiger partial charge in [0.15, 0.2) is 0 Å². The van der Waals surface area contributed by atoms with Crippen molar-refractivity contribution in [2.75, 3.05) is 26.7 Å². The number of likely N-dealkylation sites (tertiary alicyclic amines) is 1. The average molecular weight is 244 g/mol. The molecular weight excluding hydrogens is 224 g/mol. The third-order valence-corrected chi connectivity index (χ3v) is 2.99. The fourth-order valence-electron chi connectivity index (χ4n) is 2.26. The molecule has 0 aromatic rings. The molecule has 1 aliphatic heterocycles. The molecule has 0 saturated carbocycles. The first-order valence-corrected chi connectivity index (χ1v) is 5.77. The van der Waals surface area contributed by atoms with Gasteiger partial charge in [-0.05, 0) is 18.8 Å². The minimum Gasteiger partial charge on any atom is -0.481 e. The highest BCUT2D eigenvalue weighted by Crippen LogP contribution is 2.20. The summed E-state index contributed by atoms with van der Waals surface area (Å²) in [4.78, 5) is 23.6. The minimum absolute atomic E-state index is 0.00667. The first-order chi connectivity index (χ1) is 8.01. The van der Waals surface area contributed by atoms with Crippen LogP contribution in [0.3, 0.4) is 0 Å². The lowest BCUT2D eigenvalue weighted by atomic mass is 9.91. The van der Waals surface area contributed by atoms with Crippen molar-refractivity contribution in [1.29, 1.82) is 0 Å². The predicted octanol–water partition coefficient (Wildman–Crippen LogP) is -0.327. The number of rotatable bonds is 5. The zero-order chi connectivity index (χ0) is 12.8. The van der Waals surface area contributed by atoms with E-state index in [9.17, 15) is 9.59 Å². The Morgan fingerprint density at radius 1 is 1.47 bits per heavy atom. The van der Waals surface area contributed by atoms with E-state index < -0.39 is 5.97 Å². The van der Waals surface area contributed by atoms with Crippen molar-refractivity contribution in [2.24, 2.45) is 11.7 Å². The lowest BCUT2D eigenvalue weighted by molar-refractivity contribution is -0.143. The van der Waals surface area contributed by atoms with Crippen LogP contribution in [-0.4, -0.2) is 54.7 Å². The van der Waals surface area contributed by atoms with Crippen molar-refractivity contribution in [2.45, 2.75) is 25.3 Å². The van der Waals surface area contributed by atoms with Crippen molar-refractivity contribution in [3.8, 4) is 0 Å². The summed E-state index contributed by atoms with van der Waals surface area (Å²) >= 11 is 0. The molecular formula is C11H20N2O4. The molecule has 0 amide bonds. The molecule has 0 aliphatic carbocycles. The number of nitrogens with two attached hydrogens (primary N) is 1. The Balaban J connectivity index is 2.41. The molecule has 1 aliphatic rings. The molecule has 1 heterocycles.